The van der Waals surface area contributed by atoms with Crippen LogP contribution in [0.5, 0.6) is 0 Å². The zero-order chi connectivity index (χ0) is 12.4. The van der Waals surface area contributed by atoms with Crippen molar-refractivity contribution < 1.29 is 0 Å². The number of thioether (sulfide) groups is 1. The van der Waals surface area contributed by atoms with E-state index in [4.69, 9.17) is 4.99 Å². The minimum absolute atomic E-state index is 0.249. The molecule has 1 aliphatic heterocycles. The number of benzene rings is 2. The molecule has 0 unspecified atom stereocenters. The summed E-state index contributed by atoms with van der Waals surface area (Å²) >= 11 is 1.87. The molecule has 0 radical (unpaired) electrons. The maximum absolute atomic E-state index is 4.80. The lowest BCUT2D eigenvalue weighted by Crippen LogP contribution is -2.02. The molecule has 2 aromatic rings. The molecular weight excluding hydrogens is 238 g/mol. The van der Waals surface area contributed by atoms with Crippen LogP contribution in [-0.2, 0) is 0 Å². The summed E-state index contributed by atoms with van der Waals surface area (Å²) in [5, 5.41) is 1.59. The number of aliphatic imine (C=N–C) groups is 1. The Balaban J connectivity index is 1.97. The number of hydrogen-bond donors (Lipinski definition) is 0. The van der Waals surface area contributed by atoms with Crippen LogP contribution in [0.1, 0.15) is 29.3 Å². The van der Waals surface area contributed by atoms with Crippen LogP contribution in [0.3, 0.4) is 0 Å². The highest BCUT2D eigenvalue weighted by atomic mass is 32.2. The van der Waals surface area contributed by atoms with Gasteiger partial charge in [-0.3, -0.25) is 4.99 Å². The van der Waals surface area contributed by atoms with E-state index in [0.717, 1.165) is 0 Å². The summed E-state index contributed by atoms with van der Waals surface area (Å²) in [7, 11) is 0. The Labute approximate surface area is 112 Å². The molecule has 2 aromatic carbocycles. The lowest BCUT2D eigenvalue weighted by Gasteiger charge is -2.17. The van der Waals surface area contributed by atoms with Crippen molar-refractivity contribution in [3.8, 4) is 0 Å². The van der Waals surface area contributed by atoms with Gasteiger partial charge in [0, 0.05) is 0 Å². The fourth-order valence-electron chi connectivity index (χ4n) is 2.33. The minimum atomic E-state index is 0.249. The molecule has 1 nitrogen and oxygen atoms in total. The average Bonchev–Trinajstić information content (AvgIpc) is 2.83. The van der Waals surface area contributed by atoms with Crippen molar-refractivity contribution in [1.82, 2.24) is 0 Å². The Morgan fingerprint density at radius 2 is 1.39 bits per heavy atom. The molecule has 0 N–H and O–H groups in total. The van der Waals surface area contributed by atoms with E-state index in [2.05, 4.69) is 67.6 Å². The van der Waals surface area contributed by atoms with Crippen LogP contribution >= 0.6 is 11.8 Å². The Morgan fingerprint density at radius 1 is 0.833 bits per heavy atom. The van der Waals surface area contributed by atoms with Crippen molar-refractivity contribution in [2.45, 2.75) is 18.2 Å². The summed E-state index contributed by atoms with van der Waals surface area (Å²) in [6, 6.07) is 21.5. The average molecular weight is 253 g/mol. The largest absolute Gasteiger partial charge is 0.274 e. The lowest BCUT2D eigenvalue weighted by atomic mass is 9.99. The summed E-state index contributed by atoms with van der Waals surface area (Å²) in [6.45, 7) is 2.10. The van der Waals surface area contributed by atoms with Crippen LogP contribution in [0, 0.1) is 0 Å². The van der Waals surface area contributed by atoms with Gasteiger partial charge in [0.15, 0.2) is 0 Å². The van der Waals surface area contributed by atoms with E-state index >= 15 is 0 Å². The van der Waals surface area contributed by atoms with E-state index < -0.39 is 0 Å². The maximum Gasteiger partial charge on any atom is 0.0921 e. The molecule has 0 saturated heterocycles. The van der Waals surface area contributed by atoms with Crippen molar-refractivity contribution in [3.63, 3.8) is 0 Å². The van der Waals surface area contributed by atoms with Crippen LogP contribution in [-0.4, -0.2) is 5.04 Å². The van der Waals surface area contributed by atoms with Crippen molar-refractivity contribution in [3.05, 3.63) is 71.8 Å². The highest BCUT2D eigenvalue weighted by Gasteiger charge is 2.30. The van der Waals surface area contributed by atoms with Crippen molar-refractivity contribution in [1.29, 1.82) is 0 Å². The second kappa shape index (κ2) is 4.99. The van der Waals surface area contributed by atoms with Gasteiger partial charge < -0.3 is 0 Å². The van der Waals surface area contributed by atoms with Crippen LogP contribution < -0.4 is 0 Å². The highest BCUT2D eigenvalue weighted by molar-refractivity contribution is 8.14. The molecular formula is C16H15NS. The predicted molar refractivity (Wildman–Crippen MR) is 79.1 cm³/mol. The molecule has 0 aromatic heterocycles. The first-order chi connectivity index (χ1) is 8.84. The van der Waals surface area contributed by atoms with Gasteiger partial charge in [-0.15, -0.1) is 11.8 Å². The Hall–Kier alpha value is -1.54. The summed E-state index contributed by atoms with van der Waals surface area (Å²) in [4.78, 5) is 4.80. The van der Waals surface area contributed by atoms with E-state index in [9.17, 15) is 0 Å². The first kappa shape index (κ1) is 11.5. The third-order valence-electron chi connectivity index (χ3n) is 3.17. The Kier molecular flexibility index (Phi) is 3.20. The van der Waals surface area contributed by atoms with Gasteiger partial charge in [-0.05, 0) is 18.1 Å². The quantitative estimate of drug-likeness (QED) is 0.760. The monoisotopic (exact) mass is 253 g/mol. The van der Waals surface area contributed by atoms with E-state index in [0.29, 0.717) is 5.25 Å². The van der Waals surface area contributed by atoms with Gasteiger partial charge in [0.05, 0.1) is 16.3 Å². The summed E-state index contributed by atoms with van der Waals surface area (Å²) in [6.07, 6.45) is 0. The number of hydrogen-bond acceptors (Lipinski definition) is 2. The fraction of sp³-hybridized carbons (Fsp3) is 0.188. The summed E-state index contributed by atoms with van der Waals surface area (Å²) in [5.41, 5.74) is 2.66. The van der Waals surface area contributed by atoms with Crippen LogP contribution in [0.2, 0.25) is 0 Å². The van der Waals surface area contributed by atoms with Gasteiger partial charge in [0.1, 0.15) is 0 Å². The van der Waals surface area contributed by atoms with Crippen molar-refractivity contribution in [2.24, 2.45) is 4.99 Å². The van der Waals surface area contributed by atoms with Crippen molar-refractivity contribution in [2.75, 3.05) is 0 Å². The van der Waals surface area contributed by atoms with Crippen LogP contribution in [0.15, 0.2) is 65.7 Å². The van der Waals surface area contributed by atoms with Gasteiger partial charge in [0.2, 0.25) is 0 Å². The van der Waals surface area contributed by atoms with Crippen LogP contribution in [0.4, 0.5) is 0 Å². The molecule has 0 amide bonds. The molecule has 1 heterocycles. The molecule has 0 saturated carbocycles. The smallest absolute Gasteiger partial charge is 0.0921 e. The van der Waals surface area contributed by atoms with Crippen molar-refractivity contribution >= 4 is 16.8 Å². The second-order valence-corrected chi connectivity index (χ2v) is 5.79. The zero-order valence-electron chi connectivity index (χ0n) is 10.3. The molecule has 2 heteroatoms. The van der Waals surface area contributed by atoms with E-state index in [-0.39, 0.29) is 6.04 Å². The molecule has 0 spiro atoms. The Bertz CT molecular complexity index is 548. The predicted octanol–water partition coefficient (Wildman–Crippen LogP) is 4.63. The molecule has 3 rings (SSSR count). The van der Waals surface area contributed by atoms with E-state index in [1.54, 1.807) is 0 Å². The number of nitrogens with zero attached hydrogens (tertiary/aromatic N) is 1. The second-order valence-electron chi connectivity index (χ2n) is 4.45. The first-order valence-corrected chi connectivity index (χ1v) is 7.03. The van der Waals surface area contributed by atoms with Gasteiger partial charge in [-0.2, -0.15) is 0 Å². The first-order valence-electron chi connectivity index (χ1n) is 6.15. The third-order valence-corrected chi connectivity index (χ3v) is 4.40. The van der Waals surface area contributed by atoms with Gasteiger partial charge >= 0.3 is 0 Å². The zero-order valence-corrected chi connectivity index (χ0v) is 11.1. The highest BCUT2D eigenvalue weighted by Crippen LogP contribution is 2.48. The van der Waals surface area contributed by atoms with Gasteiger partial charge in [0.25, 0.3) is 0 Å². The Morgan fingerprint density at radius 3 is 2.00 bits per heavy atom. The fourth-order valence-corrected chi connectivity index (χ4v) is 3.52. The molecule has 18 heavy (non-hydrogen) atoms. The standard InChI is InChI=1S/C16H15NS/c1-12-17-15(13-8-4-2-5-9-13)16(18-12)14-10-6-3-7-11-14/h2-11,15-16H,1H3/t15-,16+/m0/s1. The van der Waals surface area contributed by atoms with E-state index in [1.807, 2.05) is 11.8 Å². The molecule has 1 aliphatic rings. The molecule has 2 atom stereocenters. The summed E-state index contributed by atoms with van der Waals surface area (Å²) in [5.74, 6) is 0. The van der Waals surface area contributed by atoms with Gasteiger partial charge in [-0.25, -0.2) is 0 Å². The third kappa shape index (κ3) is 2.21. The number of rotatable bonds is 2. The molecule has 0 aliphatic carbocycles. The molecule has 0 bridgehead atoms. The molecule has 90 valence electrons. The minimum Gasteiger partial charge on any atom is -0.274 e. The maximum atomic E-state index is 4.80. The normalized spacial score (nSPS) is 22.8. The van der Waals surface area contributed by atoms with E-state index in [1.165, 1.54) is 16.2 Å². The topological polar surface area (TPSA) is 12.4 Å². The summed E-state index contributed by atoms with van der Waals surface area (Å²) < 4.78 is 0. The SMILES string of the molecule is CC1=N[C@@H](c2ccccc2)[C@@H](c2ccccc2)S1. The molecule has 0 fully saturated rings. The van der Waals surface area contributed by atoms with Crippen LogP contribution in [0.25, 0.3) is 0 Å². The lowest BCUT2D eigenvalue weighted by molar-refractivity contribution is 0.724. The van der Waals surface area contributed by atoms with Gasteiger partial charge in [-0.1, -0.05) is 60.7 Å².